The van der Waals surface area contributed by atoms with Gasteiger partial charge in [0.1, 0.15) is 12.2 Å². The molecule has 2 rings (SSSR count). The molecule has 0 radical (unpaired) electrons. The third-order valence-corrected chi connectivity index (χ3v) is 3.21. The minimum absolute atomic E-state index is 0.0263. The number of ether oxygens (including phenoxy) is 1. The van der Waals surface area contributed by atoms with E-state index >= 15 is 0 Å². The van der Waals surface area contributed by atoms with Crippen molar-refractivity contribution in [3.8, 4) is 0 Å². The van der Waals surface area contributed by atoms with E-state index in [0.29, 0.717) is 0 Å². The van der Waals surface area contributed by atoms with Crippen LogP contribution in [0.2, 0.25) is 0 Å². The number of carbonyl (C=O) groups excluding carboxylic acids is 1. The predicted molar refractivity (Wildman–Crippen MR) is 77.9 cm³/mol. The molecule has 8 nitrogen and oxygen atoms in total. The number of hydrogen-bond donors (Lipinski definition) is 4. The fourth-order valence-corrected chi connectivity index (χ4v) is 2.11. The van der Waals surface area contributed by atoms with E-state index in [1.165, 1.54) is 18.2 Å². The predicted octanol–water partition coefficient (Wildman–Crippen LogP) is -0.221. The van der Waals surface area contributed by atoms with E-state index < -0.39 is 23.0 Å². The highest BCUT2D eigenvalue weighted by Gasteiger charge is 2.20. The number of carbonyl (C=O) groups is 1. The molecule has 0 bridgehead atoms. The average molecular weight is 320 g/mol. The van der Waals surface area contributed by atoms with Crippen molar-refractivity contribution in [1.29, 1.82) is 0 Å². The zero-order valence-electron chi connectivity index (χ0n) is 12.1. The van der Waals surface area contributed by atoms with Crippen LogP contribution in [0.5, 0.6) is 0 Å². The normalized spacial score (nSPS) is 13.4. The lowest BCUT2D eigenvalue weighted by molar-refractivity contribution is -0.996. The van der Waals surface area contributed by atoms with Gasteiger partial charge in [-0.3, -0.25) is 4.79 Å². The molecule has 122 valence electrons. The van der Waals surface area contributed by atoms with Crippen molar-refractivity contribution in [3.63, 3.8) is 0 Å². The summed E-state index contributed by atoms with van der Waals surface area (Å²) in [6.45, 7) is -0.407. The summed E-state index contributed by atoms with van der Waals surface area (Å²) in [7, 11) is 0. The van der Waals surface area contributed by atoms with Gasteiger partial charge in [0.2, 0.25) is 0 Å². The Hall–Kier alpha value is -2.33. The first kappa shape index (κ1) is 17.0. The second-order valence-corrected chi connectivity index (χ2v) is 4.77. The SMILES string of the molecule is O=C(Cc1ccccc1)OCc1c([NH+]([O-])O)cccc1[NH+]([O-])O. The maximum atomic E-state index is 11.8. The molecular formula is C15H16N2O6. The van der Waals surface area contributed by atoms with E-state index in [-0.39, 0.29) is 23.4 Å². The molecule has 0 saturated carbocycles. The summed E-state index contributed by atoms with van der Waals surface area (Å²) in [5, 5.41) is 38.1. The second kappa shape index (κ2) is 7.79. The lowest BCUT2D eigenvalue weighted by atomic mass is 10.1. The fourth-order valence-electron chi connectivity index (χ4n) is 2.11. The molecule has 0 aliphatic rings. The van der Waals surface area contributed by atoms with Crippen LogP contribution in [0.1, 0.15) is 11.1 Å². The smallest absolute Gasteiger partial charge is 0.310 e. The molecule has 8 heteroatoms. The monoisotopic (exact) mass is 320 g/mol. The second-order valence-electron chi connectivity index (χ2n) is 4.77. The molecule has 0 fully saturated rings. The van der Waals surface area contributed by atoms with Crippen LogP contribution < -0.4 is 10.5 Å². The van der Waals surface area contributed by atoms with Gasteiger partial charge < -0.3 is 15.2 Å². The highest BCUT2D eigenvalue weighted by atomic mass is 16.8. The van der Waals surface area contributed by atoms with Crippen molar-refractivity contribution in [2.45, 2.75) is 13.0 Å². The molecule has 4 N–H and O–H groups in total. The van der Waals surface area contributed by atoms with E-state index in [4.69, 9.17) is 15.2 Å². The first-order valence-corrected chi connectivity index (χ1v) is 6.77. The molecule has 2 atom stereocenters. The van der Waals surface area contributed by atoms with E-state index in [9.17, 15) is 15.2 Å². The van der Waals surface area contributed by atoms with Crippen LogP contribution in [-0.2, 0) is 22.6 Å². The van der Waals surface area contributed by atoms with Crippen molar-refractivity contribution in [1.82, 2.24) is 0 Å². The van der Waals surface area contributed by atoms with Crippen LogP contribution in [0.4, 0.5) is 11.4 Å². The lowest BCUT2D eigenvalue weighted by Gasteiger charge is -2.20. The molecule has 0 saturated heterocycles. The van der Waals surface area contributed by atoms with Gasteiger partial charge in [-0.05, 0) is 5.56 Å². The van der Waals surface area contributed by atoms with Crippen molar-refractivity contribution in [2.75, 3.05) is 0 Å². The summed E-state index contributed by atoms with van der Waals surface area (Å²) >= 11 is 0. The largest absolute Gasteiger partial charge is 0.595 e. The van der Waals surface area contributed by atoms with Crippen LogP contribution in [0, 0.1) is 10.4 Å². The van der Waals surface area contributed by atoms with Crippen LogP contribution >= 0.6 is 0 Å². The van der Waals surface area contributed by atoms with Crippen LogP contribution in [0.3, 0.4) is 0 Å². The highest BCUT2D eigenvalue weighted by molar-refractivity contribution is 5.72. The third-order valence-electron chi connectivity index (χ3n) is 3.21. The number of nitrogens with one attached hydrogen (secondary N) is 2. The standard InChI is InChI=1S/C15H16N2O6/c18-15(9-11-5-2-1-3-6-11)23-10-12-13(16(19)20)7-4-8-14(12)17(21)22/h1-8,16-17,19,21H,9-10H2. The number of quaternary nitrogens is 2. The van der Waals surface area contributed by atoms with Gasteiger partial charge in [0.25, 0.3) is 0 Å². The topological polar surface area (TPSA) is 122 Å². The Kier molecular flexibility index (Phi) is 5.77. The van der Waals surface area contributed by atoms with Gasteiger partial charge in [-0.2, -0.15) is 10.5 Å². The van der Waals surface area contributed by atoms with E-state index in [1.54, 1.807) is 24.3 Å². The van der Waals surface area contributed by atoms with Crippen molar-refractivity contribution in [3.05, 3.63) is 70.1 Å². The van der Waals surface area contributed by atoms with Crippen molar-refractivity contribution < 1.29 is 30.4 Å². The number of hydrogen-bond acceptors (Lipinski definition) is 6. The maximum Gasteiger partial charge on any atom is 0.310 e. The van der Waals surface area contributed by atoms with Gasteiger partial charge in [-0.25, -0.2) is 10.4 Å². The number of benzene rings is 2. The molecule has 0 aliphatic carbocycles. The average Bonchev–Trinajstić information content (AvgIpc) is 2.53. The van der Waals surface area contributed by atoms with E-state index in [2.05, 4.69) is 0 Å². The van der Waals surface area contributed by atoms with Crippen molar-refractivity contribution >= 4 is 17.3 Å². The Bertz CT molecular complexity index is 634. The molecule has 2 aromatic carbocycles. The summed E-state index contributed by atoms with van der Waals surface area (Å²) in [4.78, 5) is 11.8. The zero-order valence-corrected chi connectivity index (χ0v) is 12.1. The molecule has 0 spiro atoms. The van der Waals surface area contributed by atoms with Crippen LogP contribution in [0.15, 0.2) is 48.5 Å². The summed E-state index contributed by atoms with van der Waals surface area (Å²) in [6.07, 6.45) is 0.0263. The molecule has 0 amide bonds. The summed E-state index contributed by atoms with van der Waals surface area (Å²) < 4.78 is 5.05. The fraction of sp³-hybridized carbons (Fsp3) is 0.133. The molecule has 23 heavy (non-hydrogen) atoms. The Morgan fingerprint density at radius 1 is 0.957 bits per heavy atom. The molecule has 2 aromatic rings. The Morgan fingerprint density at radius 3 is 2.04 bits per heavy atom. The van der Waals surface area contributed by atoms with Gasteiger partial charge in [0.05, 0.1) is 6.42 Å². The Morgan fingerprint density at radius 2 is 1.52 bits per heavy atom. The quantitative estimate of drug-likeness (QED) is 0.431. The molecule has 0 heterocycles. The maximum absolute atomic E-state index is 11.8. The van der Waals surface area contributed by atoms with Gasteiger partial charge >= 0.3 is 5.97 Å². The third kappa shape index (κ3) is 4.57. The minimum atomic E-state index is -1.28. The van der Waals surface area contributed by atoms with Gasteiger partial charge in [0.15, 0.2) is 11.4 Å². The molecule has 0 aliphatic heterocycles. The van der Waals surface area contributed by atoms with E-state index in [0.717, 1.165) is 5.56 Å². The summed E-state index contributed by atoms with van der Waals surface area (Å²) in [6, 6.07) is 12.8. The summed E-state index contributed by atoms with van der Waals surface area (Å²) in [5.74, 6) is -0.562. The first-order chi connectivity index (χ1) is 11.0. The molecule has 0 aromatic heterocycles. The first-order valence-electron chi connectivity index (χ1n) is 6.77. The minimum Gasteiger partial charge on any atom is -0.595 e. The van der Waals surface area contributed by atoms with E-state index in [1.807, 2.05) is 6.07 Å². The van der Waals surface area contributed by atoms with Crippen molar-refractivity contribution in [2.24, 2.45) is 0 Å². The van der Waals surface area contributed by atoms with Gasteiger partial charge in [-0.15, -0.1) is 0 Å². The number of rotatable bonds is 6. The highest BCUT2D eigenvalue weighted by Crippen LogP contribution is 2.20. The Labute approximate surface area is 131 Å². The molecular weight excluding hydrogens is 304 g/mol. The number of esters is 1. The zero-order chi connectivity index (χ0) is 16.8. The lowest BCUT2D eigenvalue weighted by Crippen LogP contribution is -3.01. The Balaban J connectivity index is 2.11. The molecule has 2 unspecified atom stereocenters. The van der Waals surface area contributed by atoms with Crippen LogP contribution in [0.25, 0.3) is 0 Å². The summed E-state index contributed by atoms with van der Waals surface area (Å²) in [5.41, 5.74) is 0.325. The van der Waals surface area contributed by atoms with Gasteiger partial charge in [0, 0.05) is 12.1 Å². The van der Waals surface area contributed by atoms with Crippen LogP contribution in [-0.4, -0.2) is 16.4 Å². The van der Waals surface area contributed by atoms with Gasteiger partial charge in [-0.1, -0.05) is 36.4 Å².